The molecule has 0 fully saturated rings. The summed E-state index contributed by atoms with van der Waals surface area (Å²) in [6.07, 6.45) is 3.32. The Morgan fingerprint density at radius 1 is 1.53 bits per heavy atom. The number of nitrogen functional groups attached to an aromatic ring is 1. The van der Waals surface area contributed by atoms with Crippen LogP contribution in [0.5, 0.6) is 0 Å². The summed E-state index contributed by atoms with van der Waals surface area (Å²) in [5.74, 6) is -0.0803. The second-order valence-electron chi connectivity index (χ2n) is 4.53. The second kappa shape index (κ2) is 7.13. The minimum atomic E-state index is -0.0803. The number of carbonyl (C=O) groups is 1. The van der Waals surface area contributed by atoms with Gasteiger partial charge in [-0.05, 0) is 12.8 Å². The van der Waals surface area contributed by atoms with Crippen molar-refractivity contribution in [1.82, 2.24) is 14.7 Å². The molecule has 0 atom stereocenters. The van der Waals surface area contributed by atoms with Crippen LogP contribution in [-0.2, 0) is 11.8 Å². The van der Waals surface area contributed by atoms with Crippen molar-refractivity contribution in [2.45, 2.75) is 32.7 Å². The van der Waals surface area contributed by atoms with Gasteiger partial charge in [0.25, 0.3) is 5.91 Å². The predicted molar refractivity (Wildman–Crippen MR) is 74.9 cm³/mol. The van der Waals surface area contributed by atoms with Crippen LogP contribution in [-0.4, -0.2) is 46.9 Å². The van der Waals surface area contributed by atoms with E-state index in [4.69, 9.17) is 10.5 Å². The number of anilines is 1. The number of carbonyl (C=O) groups excluding carboxylic acids is 1. The van der Waals surface area contributed by atoms with Gasteiger partial charge in [0.15, 0.2) is 0 Å². The highest BCUT2D eigenvalue weighted by Gasteiger charge is 2.26. The maximum Gasteiger partial charge on any atom is 0.274 e. The lowest BCUT2D eigenvalue weighted by Gasteiger charge is -2.30. The summed E-state index contributed by atoms with van der Waals surface area (Å²) < 4.78 is 6.62. The standard InChI is InChI=1S/C13H24N4O2/c1-5-10(6-2)17(7-8-19-4)13(18)12-11(14)9-15-16(12)3/h9-10H,5-8,14H2,1-4H3. The Bertz CT molecular complexity index is 393. The molecular weight excluding hydrogens is 244 g/mol. The van der Waals surface area contributed by atoms with Gasteiger partial charge in [-0.15, -0.1) is 0 Å². The fourth-order valence-corrected chi connectivity index (χ4v) is 2.22. The molecule has 1 amide bonds. The van der Waals surface area contributed by atoms with Crippen molar-refractivity contribution >= 4 is 11.6 Å². The van der Waals surface area contributed by atoms with Gasteiger partial charge in [-0.2, -0.15) is 5.10 Å². The average molecular weight is 268 g/mol. The van der Waals surface area contributed by atoms with Gasteiger partial charge < -0.3 is 15.4 Å². The van der Waals surface area contributed by atoms with E-state index in [9.17, 15) is 4.79 Å². The lowest BCUT2D eigenvalue weighted by Crippen LogP contribution is -2.42. The first-order valence-corrected chi connectivity index (χ1v) is 6.64. The van der Waals surface area contributed by atoms with Crippen molar-refractivity contribution in [2.75, 3.05) is 26.0 Å². The number of nitrogens with zero attached hydrogens (tertiary/aromatic N) is 3. The summed E-state index contributed by atoms with van der Waals surface area (Å²) in [5.41, 5.74) is 6.69. The predicted octanol–water partition coefficient (Wildman–Crippen LogP) is 1.28. The van der Waals surface area contributed by atoms with Crippen LogP contribution in [0.4, 0.5) is 5.69 Å². The number of aromatic nitrogens is 2. The van der Waals surface area contributed by atoms with Crippen molar-refractivity contribution in [3.05, 3.63) is 11.9 Å². The SMILES string of the molecule is CCC(CC)N(CCOC)C(=O)c1c(N)cnn1C. The summed E-state index contributed by atoms with van der Waals surface area (Å²) in [5, 5.41) is 4.02. The molecule has 108 valence electrons. The summed E-state index contributed by atoms with van der Waals surface area (Å²) in [4.78, 5) is 14.5. The number of ether oxygens (including phenoxy) is 1. The van der Waals surface area contributed by atoms with E-state index in [1.807, 2.05) is 4.90 Å². The van der Waals surface area contributed by atoms with Crippen LogP contribution in [0.1, 0.15) is 37.2 Å². The van der Waals surface area contributed by atoms with Crippen LogP contribution in [0, 0.1) is 0 Å². The molecule has 2 N–H and O–H groups in total. The minimum Gasteiger partial charge on any atom is -0.396 e. The van der Waals surface area contributed by atoms with E-state index >= 15 is 0 Å². The van der Waals surface area contributed by atoms with Gasteiger partial charge in [-0.3, -0.25) is 9.48 Å². The first-order valence-electron chi connectivity index (χ1n) is 6.64. The van der Waals surface area contributed by atoms with Crippen LogP contribution < -0.4 is 5.73 Å². The van der Waals surface area contributed by atoms with E-state index in [1.165, 1.54) is 10.9 Å². The molecule has 0 unspecified atom stereocenters. The van der Waals surface area contributed by atoms with Crippen LogP contribution >= 0.6 is 0 Å². The molecule has 0 bridgehead atoms. The first kappa shape index (κ1) is 15.5. The van der Waals surface area contributed by atoms with Crippen LogP contribution in [0.25, 0.3) is 0 Å². The van der Waals surface area contributed by atoms with Gasteiger partial charge in [-0.25, -0.2) is 0 Å². The zero-order valence-electron chi connectivity index (χ0n) is 12.2. The Kier molecular flexibility index (Phi) is 5.82. The molecule has 0 aliphatic carbocycles. The maximum absolute atomic E-state index is 12.6. The molecule has 1 aromatic heterocycles. The number of aryl methyl sites for hydroxylation is 1. The van der Waals surface area contributed by atoms with Gasteiger partial charge in [0.1, 0.15) is 5.69 Å². The minimum absolute atomic E-state index is 0.0803. The number of nitrogens with two attached hydrogens (primary N) is 1. The molecule has 1 heterocycles. The maximum atomic E-state index is 12.6. The fourth-order valence-electron chi connectivity index (χ4n) is 2.22. The number of hydrogen-bond donors (Lipinski definition) is 1. The van der Waals surface area contributed by atoms with E-state index in [1.54, 1.807) is 14.2 Å². The van der Waals surface area contributed by atoms with Gasteiger partial charge in [-0.1, -0.05) is 13.8 Å². The van der Waals surface area contributed by atoms with Gasteiger partial charge >= 0.3 is 0 Å². The van der Waals surface area contributed by atoms with E-state index < -0.39 is 0 Å². The van der Waals surface area contributed by atoms with Gasteiger partial charge in [0.2, 0.25) is 0 Å². The lowest BCUT2D eigenvalue weighted by molar-refractivity contribution is 0.0580. The molecule has 0 aromatic carbocycles. The Labute approximate surface area is 114 Å². The van der Waals surface area contributed by atoms with E-state index in [0.717, 1.165) is 12.8 Å². The van der Waals surface area contributed by atoms with Crippen molar-refractivity contribution in [1.29, 1.82) is 0 Å². The molecule has 6 heteroatoms. The molecule has 1 aromatic rings. The largest absolute Gasteiger partial charge is 0.396 e. The summed E-state index contributed by atoms with van der Waals surface area (Å²) in [6, 6.07) is 0.192. The molecule has 0 aliphatic heterocycles. The van der Waals surface area contributed by atoms with Crippen molar-refractivity contribution in [2.24, 2.45) is 7.05 Å². The normalized spacial score (nSPS) is 11.0. The molecule has 1 rings (SSSR count). The first-order chi connectivity index (χ1) is 9.06. The van der Waals surface area contributed by atoms with E-state index in [0.29, 0.717) is 24.5 Å². The summed E-state index contributed by atoms with van der Waals surface area (Å²) in [7, 11) is 3.36. The van der Waals surface area contributed by atoms with E-state index in [2.05, 4.69) is 18.9 Å². The van der Waals surface area contributed by atoms with Crippen molar-refractivity contribution in [3.63, 3.8) is 0 Å². The smallest absolute Gasteiger partial charge is 0.274 e. The molecule has 19 heavy (non-hydrogen) atoms. The van der Waals surface area contributed by atoms with Crippen LogP contribution in [0.15, 0.2) is 6.20 Å². The molecule has 0 saturated carbocycles. The molecule has 0 aliphatic rings. The van der Waals surface area contributed by atoms with E-state index in [-0.39, 0.29) is 11.9 Å². The Morgan fingerprint density at radius 3 is 2.58 bits per heavy atom. The molecule has 0 radical (unpaired) electrons. The Morgan fingerprint density at radius 2 is 2.16 bits per heavy atom. The highest BCUT2D eigenvalue weighted by Crippen LogP contribution is 2.17. The number of amides is 1. The van der Waals surface area contributed by atoms with Crippen LogP contribution in [0.3, 0.4) is 0 Å². The van der Waals surface area contributed by atoms with Crippen molar-refractivity contribution < 1.29 is 9.53 Å². The third kappa shape index (κ3) is 3.47. The summed E-state index contributed by atoms with van der Waals surface area (Å²) >= 11 is 0. The monoisotopic (exact) mass is 268 g/mol. The van der Waals surface area contributed by atoms with Crippen LogP contribution in [0.2, 0.25) is 0 Å². The third-order valence-electron chi connectivity index (χ3n) is 3.35. The fraction of sp³-hybridized carbons (Fsp3) is 0.692. The zero-order chi connectivity index (χ0) is 14.4. The highest BCUT2D eigenvalue weighted by atomic mass is 16.5. The molecule has 0 saturated heterocycles. The highest BCUT2D eigenvalue weighted by molar-refractivity contribution is 5.97. The van der Waals surface area contributed by atoms with Gasteiger partial charge in [0.05, 0.1) is 18.5 Å². The topological polar surface area (TPSA) is 73.4 Å². The Balaban J connectivity index is 3.00. The number of methoxy groups -OCH3 is 1. The third-order valence-corrected chi connectivity index (χ3v) is 3.35. The summed E-state index contributed by atoms with van der Waals surface area (Å²) in [6.45, 7) is 5.23. The van der Waals surface area contributed by atoms with Crippen molar-refractivity contribution in [3.8, 4) is 0 Å². The molecule has 0 spiro atoms. The number of rotatable bonds is 7. The van der Waals surface area contributed by atoms with Gasteiger partial charge in [0, 0.05) is 26.7 Å². The second-order valence-corrected chi connectivity index (χ2v) is 4.53. The Hall–Kier alpha value is -1.56. The molecule has 6 nitrogen and oxygen atoms in total. The average Bonchev–Trinajstić information content (AvgIpc) is 2.73. The molecular formula is C13H24N4O2. The lowest BCUT2D eigenvalue weighted by atomic mass is 10.1. The zero-order valence-corrected chi connectivity index (χ0v) is 12.2. The quantitative estimate of drug-likeness (QED) is 0.808. The number of hydrogen-bond acceptors (Lipinski definition) is 4.